The minimum Gasteiger partial charge on any atom is -0.495 e. The highest BCUT2D eigenvalue weighted by atomic mass is 16.5. The van der Waals surface area contributed by atoms with Gasteiger partial charge in [-0.25, -0.2) is 0 Å². The van der Waals surface area contributed by atoms with Crippen LogP contribution in [0.1, 0.15) is 27.2 Å². The number of hydrogen-bond donors (Lipinski definition) is 2. The van der Waals surface area contributed by atoms with Crippen LogP contribution in [-0.2, 0) is 4.79 Å². The number of carbonyl (C=O) groups is 1. The molecule has 3 N–H and O–H groups in total. The van der Waals surface area contributed by atoms with Gasteiger partial charge in [-0.1, -0.05) is 20.8 Å². The van der Waals surface area contributed by atoms with Crippen LogP contribution in [0.4, 0.5) is 11.4 Å². The first-order chi connectivity index (χ1) is 7.90. The highest BCUT2D eigenvalue weighted by molar-refractivity contribution is 5.95. The predicted octanol–water partition coefficient (Wildman–Crippen LogP) is 2.65. The average Bonchev–Trinajstić information content (AvgIpc) is 2.29. The third-order valence-corrected chi connectivity index (χ3v) is 2.99. The Morgan fingerprint density at radius 3 is 2.59 bits per heavy atom. The Kier molecular flexibility index (Phi) is 3.99. The third kappa shape index (κ3) is 3.12. The molecule has 1 rings (SSSR count). The monoisotopic (exact) mass is 236 g/mol. The molecule has 0 aliphatic rings. The van der Waals surface area contributed by atoms with Crippen LogP contribution in [0, 0.1) is 5.41 Å². The van der Waals surface area contributed by atoms with Crippen LogP contribution < -0.4 is 15.8 Å². The normalized spacial score (nSPS) is 11.1. The average molecular weight is 236 g/mol. The van der Waals surface area contributed by atoms with E-state index in [1.165, 1.54) is 0 Å². The van der Waals surface area contributed by atoms with Crippen LogP contribution in [0.25, 0.3) is 0 Å². The van der Waals surface area contributed by atoms with Crippen molar-refractivity contribution in [1.29, 1.82) is 0 Å². The molecule has 0 unspecified atom stereocenters. The van der Waals surface area contributed by atoms with Gasteiger partial charge < -0.3 is 15.8 Å². The van der Waals surface area contributed by atoms with E-state index >= 15 is 0 Å². The first-order valence-electron chi connectivity index (χ1n) is 5.65. The summed E-state index contributed by atoms with van der Waals surface area (Å²) in [4.78, 5) is 11.9. The van der Waals surface area contributed by atoms with Gasteiger partial charge in [0.1, 0.15) is 5.75 Å². The van der Waals surface area contributed by atoms with Crippen molar-refractivity contribution >= 4 is 17.3 Å². The number of carbonyl (C=O) groups excluding carboxylic acids is 1. The maximum atomic E-state index is 11.9. The van der Waals surface area contributed by atoms with Crippen molar-refractivity contribution in [2.45, 2.75) is 27.2 Å². The topological polar surface area (TPSA) is 64.3 Å². The second-order valence-corrected chi connectivity index (χ2v) is 4.65. The van der Waals surface area contributed by atoms with Crippen molar-refractivity contribution in [2.24, 2.45) is 5.41 Å². The fraction of sp³-hybridized carbons (Fsp3) is 0.462. The third-order valence-electron chi connectivity index (χ3n) is 2.99. The zero-order chi connectivity index (χ0) is 13.1. The van der Waals surface area contributed by atoms with Crippen LogP contribution in [-0.4, -0.2) is 13.0 Å². The van der Waals surface area contributed by atoms with Crippen LogP contribution in [0.2, 0.25) is 0 Å². The van der Waals surface area contributed by atoms with Crippen molar-refractivity contribution in [3.63, 3.8) is 0 Å². The van der Waals surface area contributed by atoms with Gasteiger partial charge in [-0.05, 0) is 24.6 Å². The van der Waals surface area contributed by atoms with Gasteiger partial charge in [0.15, 0.2) is 0 Å². The Bertz CT molecular complexity index is 414. The van der Waals surface area contributed by atoms with Crippen molar-refractivity contribution in [2.75, 3.05) is 18.2 Å². The fourth-order valence-electron chi connectivity index (χ4n) is 1.27. The number of hydrogen-bond acceptors (Lipinski definition) is 3. The van der Waals surface area contributed by atoms with E-state index in [1.807, 2.05) is 20.8 Å². The number of anilines is 2. The first-order valence-corrected chi connectivity index (χ1v) is 5.65. The molecule has 1 aromatic carbocycles. The summed E-state index contributed by atoms with van der Waals surface area (Å²) in [7, 11) is 1.56. The maximum Gasteiger partial charge on any atom is 0.230 e. The molecular formula is C13H20N2O2. The summed E-state index contributed by atoms with van der Waals surface area (Å²) in [5, 5.41) is 2.85. The van der Waals surface area contributed by atoms with Crippen LogP contribution >= 0.6 is 0 Å². The van der Waals surface area contributed by atoms with Gasteiger partial charge in [0.25, 0.3) is 0 Å². The maximum absolute atomic E-state index is 11.9. The summed E-state index contributed by atoms with van der Waals surface area (Å²) in [5.41, 5.74) is 6.60. The molecule has 0 radical (unpaired) electrons. The molecule has 0 saturated heterocycles. The molecule has 0 fully saturated rings. The lowest BCUT2D eigenvalue weighted by atomic mass is 9.89. The Hall–Kier alpha value is -1.71. The van der Waals surface area contributed by atoms with Crippen LogP contribution in [0.3, 0.4) is 0 Å². The smallest absolute Gasteiger partial charge is 0.230 e. The van der Waals surface area contributed by atoms with E-state index in [0.29, 0.717) is 17.1 Å². The largest absolute Gasteiger partial charge is 0.495 e. The van der Waals surface area contributed by atoms with E-state index in [2.05, 4.69) is 5.32 Å². The summed E-state index contributed by atoms with van der Waals surface area (Å²) in [5.74, 6) is 0.599. The predicted molar refractivity (Wildman–Crippen MR) is 70.1 cm³/mol. The number of nitrogens with two attached hydrogens (primary N) is 1. The van der Waals surface area contributed by atoms with E-state index in [9.17, 15) is 4.79 Å². The van der Waals surface area contributed by atoms with Gasteiger partial charge >= 0.3 is 0 Å². The minimum absolute atomic E-state index is 0.00966. The zero-order valence-electron chi connectivity index (χ0n) is 10.8. The lowest BCUT2D eigenvalue weighted by Gasteiger charge is -2.21. The van der Waals surface area contributed by atoms with Crippen LogP contribution in [0.15, 0.2) is 18.2 Å². The van der Waals surface area contributed by atoms with Crippen molar-refractivity contribution in [1.82, 2.24) is 0 Å². The number of amides is 1. The first kappa shape index (κ1) is 13.4. The van der Waals surface area contributed by atoms with Gasteiger partial charge in [-0.3, -0.25) is 4.79 Å². The van der Waals surface area contributed by atoms with Crippen molar-refractivity contribution in [3.8, 4) is 5.75 Å². The van der Waals surface area contributed by atoms with E-state index in [1.54, 1.807) is 25.3 Å². The Morgan fingerprint density at radius 2 is 2.12 bits per heavy atom. The standard InChI is InChI=1S/C13H20N2O2/c1-5-13(2,3)12(16)15-9-6-7-11(17-4)10(14)8-9/h6-8H,5,14H2,1-4H3,(H,15,16). The number of nitrogen functional groups attached to an aromatic ring is 1. The van der Waals surface area contributed by atoms with Crippen LogP contribution in [0.5, 0.6) is 5.75 Å². The molecule has 0 heterocycles. The van der Waals surface area contributed by atoms with Gasteiger partial charge in [-0.2, -0.15) is 0 Å². The molecule has 0 saturated carbocycles. The molecule has 4 nitrogen and oxygen atoms in total. The number of methoxy groups -OCH3 is 1. The molecule has 1 aromatic rings. The van der Waals surface area contributed by atoms with E-state index in [4.69, 9.17) is 10.5 Å². The van der Waals surface area contributed by atoms with Crippen molar-refractivity contribution in [3.05, 3.63) is 18.2 Å². The molecule has 0 spiro atoms. The molecule has 94 valence electrons. The molecular weight excluding hydrogens is 216 g/mol. The van der Waals surface area contributed by atoms with Gasteiger partial charge in [0.2, 0.25) is 5.91 Å². The number of benzene rings is 1. The Morgan fingerprint density at radius 1 is 1.47 bits per heavy atom. The van der Waals surface area contributed by atoms with E-state index < -0.39 is 0 Å². The lowest BCUT2D eigenvalue weighted by molar-refractivity contribution is -0.124. The van der Waals surface area contributed by atoms with E-state index in [-0.39, 0.29) is 11.3 Å². The number of ether oxygens (including phenoxy) is 1. The Balaban J connectivity index is 2.83. The minimum atomic E-state index is -0.380. The zero-order valence-corrected chi connectivity index (χ0v) is 10.8. The molecule has 0 aliphatic heterocycles. The van der Waals surface area contributed by atoms with Gasteiger partial charge in [0.05, 0.1) is 12.8 Å². The summed E-state index contributed by atoms with van der Waals surface area (Å²) in [6.07, 6.45) is 0.782. The highest BCUT2D eigenvalue weighted by Gasteiger charge is 2.25. The second kappa shape index (κ2) is 5.08. The molecule has 0 bridgehead atoms. The molecule has 4 heteroatoms. The summed E-state index contributed by atoms with van der Waals surface area (Å²) in [6, 6.07) is 5.21. The van der Waals surface area contributed by atoms with E-state index in [0.717, 1.165) is 6.42 Å². The second-order valence-electron chi connectivity index (χ2n) is 4.65. The lowest BCUT2D eigenvalue weighted by Crippen LogP contribution is -2.29. The Labute approximate surface area is 102 Å². The molecule has 0 aliphatic carbocycles. The molecule has 0 atom stereocenters. The fourth-order valence-corrected chi connectivity index (χ4v) is 1.27. The van der Waals surface area contributed by atoms with Gasteiger partial charge in [-0.15, -0.1) is 0 Å². The quantitative estimate of drug-likeness (QED) is 0.790. The summed E-state index contributed by atoms with van der Waals surface area (Å²) >= 11 is 0. The summed E-state index contributed by atoms with van der Waals surface area (Å²) in [6.45, 7) is 5.81. The summed E-state index contributed by atoms with van der Waals surface area (Å²) < 4.78 is 5.06. The molecule has 1 amide bonds. The number of rotatable bonds is 4. The SMILES string of the molecule is CCC(C)(C)C(=O)Nc1ccc(OC)c(N)c1. The molecule has 0 aromatic heterocycles. The van der Waals surface area contributed by atoms with Crippen molar-refractivity contribution < 1.29 is 9.53 Å². The number of nitrogens with one attached hydrogen (secondary N) is 1. The van der Waals surface area contributed by atoms with Gasteiger partial charge in [0, 0.05) is 11.1 Å². The highest BCUT2D eigenvalue weighted by Crippen LogP contribution is 2.27. The molecule has 17 heavy (non-hydrogen) atoms.